The third kappa shape index (κ3) is 8.00. The minimum Gasteiger partial charge on any atom is -0.469 e. The number of hydrogen-bond donors (Lipinski definition) is 1. The number of esters is 3. The fourth-order valence-electron chi connectivity index (χ4n) is 4.77. The Hall–Kier alpha value is -3.66. The normalized spacial score (nSPS) is 15.0. The van der Waals surface area contributed by atoms with Gasteiger partial charge >= 0.3 is 17.9 Å². The van der Waals surface area contributed by atoms with Gasteiger partial charge in [0.2, 0.25) is 0 Å². The maximum Gasteiger partial charge on any atom is 0.336 e. The lowest BCUT2D eigenvalue weighted by Crippen LogP contribution is -2.35. The number of halogens is 2. The van der Waals surface area contributed by atoms with E-state index in [0.29, 0.717) is 43.9 Å². The monoisotopic (exact) mass is 616 g/mol. The molecule has 1 heterocycles. The second-order valence-corrected chi connectivity index (χ2v) is 10.0. The fourth-order valence-corrected chi connectivity index (χ4v) is 5.39. The molecule has 3 rings (SSSR count). The summed E-state index contributed by atoms with van der Waals surface area (Å²) in [6.07, 6.45) is 2.26. The molecule has 2 aromatic rings. The van der Waals surface area contributed by atoms with E-state index in [-0.39, 0.29) is 33.3 Å². The molecule has 0 saturated heterocycles. The van der Waals surface area contributed by atoms with Gasteiger partial charge in [0, 0.05) is 27.0 Å². The van der Waals surface area contributed by atoms with Gasteiger partial charge in [-0.05, 0) is 49.2 Å². The van der Waals surface area contributed by atoms with Crippen LogP contribution in [0.3, 0.4) is 0 Å². The predicted molar refractivity (Wildman–Crippen MR) is 161 cm³/mol. The van der Waals surface area contributed by atoms with E-state index in [1.165, 1.54) is 21.3 Å². The molecule has 0 aliphatic carbocycles. The molecule has 2 aromatic carbocycles. The first-order valence-corrected chi connectivity index (χ1v) is 14.0. The first-order chi connectivity index (χ1) is 20.3. The molecule has 0 fully saturated rings. The summed E-state index contributed by atoms with van der Waals surface area (Å²) in [5.74, 6) is -3.14. The van der Waals surface area contributed by atoms with E-state index >= 15 is 0 Å². The molecule has 42 heavy (non-hydrogen) atoms. The van der Waals surface area contributed by atoms with Crippen LogP contribution in [0.2, 0.25) is 10.0 Å². The SMILES string of the molecule is CC=NCCOCc1ccccc1CCC1=C(C(=O)OC)C(c2c(Cl)cccc2Cl)C(C(=O)OC)=C(CC(=O)OC)N1. The van der Waals surface area contributed by atoms with E-state index in [2.05, 4.69) is 10.3 Å². The van der Waals surface area contributed by atoms with Gasteiger partial charge in [-0.3, -0.25) is 9.79 Å². The van der Waals surface area contributed by atoms with Crippen LogP contribution in [-0.2, 0) is 46.4 Å². The van der Waals surface area contributed by atoms with Crippen LogP contribution in [-0.4, -0.2) is 58.6 Å². The molecule has 0 spiro atoms. The van der Waals surface area contributed by atoms with Crippen molar-refractivity contribution in [3.8, 4) is 0 Å². The predicted octanol–water partition coefficient (Wildman–Crippen LogP) is 5.34. The number of aliphatic imine (C=N–C) groups is 1. The van der Waals surface area contributed by atoms with Gasteiger partial charge in [-0.2, -0.15) is 0 Å². The lowest BCUT2D eigenvalue weighted by Gasteiger charge is -2.33. The average molecular weight is 618 g/mol. The third-order valence-electron chi connectivity index (χ3n) is 6.74. The summed E-state index contributed by atoms with van der Waals surface area (Å²) in [6, 6.07) is 12.7. The zero-order valence-electron chi connectivity index (χ0n) is 24.0. The van der Waals surface area contributed by atoms with Crippen LogP contribution in [0.25, 0.3) is 0 Å². The van der Waals surface area contributed by atoms with Crippen molar-refractivity contribution >= 4 is 47.3 Å². The molecule has 1 aliphatic heterocycles. The van der Waals surface area contributed by atoms with Crippen LogP contribution < -0.4 is 5.32 Å². The van der Waals surface area contributed by atoms with Crippen LogP contribution in [0.5, 0.6) is 0 Å². The number of nitrogens with one attached hydrogen (secondary N) is 1. The quantitative estimate of drug-likeness (QED) is 0.139. The lowest BCUT2D eigenvalue weighted by molar-refractivity contribution is -0.139. The second-order valence-electron chi connectivity index (χ2n) is 9.20. The maximum absolute atomic E-state index is 13.4. The van der Waals surface area contributed by atoms with Crippen molar-refractivity contribution in [2.75, 3.05) is 34.5 Å². The number of allylic oxidation sites excluding steroid dienone is 1. The molecule has 0 radical (unpaired) electrons. The first kappa shape index (κ1) is 32.8. The van der Waals surface area contributed by atoms with Crippen molar-refractivity contribution in [1.29, 1.82) is 0 Å². The molecule has 0 saturated carbocycles. The van der Waals surface area contributed by atoms with Crippen molar-refractivity contribution in [1.82, 2.24) is 5.32 Å². The van der Waals surface area contributed by atoms with Crippen LogP contribution in [0.1, 0.15) is 42.4 Å². The molecular weight excluding hydrogens is 583 g/mol. The van der Waals surface area contributed by atoms with E-state index in [9.17, 15) is 14.4 Å². The highest BCUT2D eigenvalue weighted by Crippen LogP contribution is 2.46. The van der Waals surface area contributed by atoms with E-state index in [0.717, 1.165) is 11.1 Å². The van der Waals surface area contributed by atoms with Gasteiger partial charge in [0.05, 0.1) is 64.6 Å². The lowest BCUT2D eigenvalue weighted by atomic mass is 9.78. The Kier molecular flexibility index (Phi) is 12.6. The van der Waals surface area contributed by atoms with E-state index < -0.39 is 23.8 Å². The highest BCUT2D eigenvalue weighted by Gasteiger charge is 2.41. The van der Waals surface area contributed by atoms with Crippen LogP contribution in [0.4, 0.5) is 0 Å². The minimum absolute atomic E-state index is 0.00517. The molecular formula is C31H34Cl2N2O7. The summed E-state index contributed by atoms with van der Waals surface area (Å²) in [5.41, 5.74) is 3.09. The summed E-state index contributed by atoms with van der Waals surface area (Å²) >= 11 is 13.2. The summed E-state index contributed by atoms with van der Waals surface area (Å²) in [6.45, 7) is 3.30. The highest BCUT2D eigenvalue weighted by molar-refractivity contribution is 6.36. The average Bonchev–Trinajstić information content (AvgIpc) is 2.99. The number of carbonyl (C=O) groups excluding carboxylic acids is 3. The zero-order valence-corrected chi connectivity index (χ0v) is 25.5. The molecule has 11 heteroatoms. The molecule has 0 aromatic heterocycles. The molecule has 0 bridgehead atoms. The number of ether oxygens (including phenoxy) is 4. The molecule has 1 aliphatic rings. The molecule has 1 unspecified atom stereocenters. The van der Waals surface area contributed by atoms with Crippen molar-refractivity contribution in [3.05, 3.63) is 91.7 Å². The number of methoxy groups -OCH3 is 3. The second kappa shape index (κ2) is 16.1. The maximum atomic E-state index is 13.4. The molecule has 224 valence electrons. The largest absolute Gasteiger partial charge is 0.469 e. The number of carbonyl (C=O) groups is 3. The van der Waals surface area contributed by atoms with Crippen LogP contribution in [0, 0.1) is 0 Å². The number of nitrogens with zero attached hydrogens (tertiary/aromatic N) is 1. The number of rotatable bonds is 13. The Bertz CT molecular complexity index is 1380. The summed E-state index contributed by atoms with van der Waals surface area (Å²) in [4.78, 5) is 43.3. The Morgan fingerprint density at radius 1 is 0.857 bits per heavy atom. The summed E-state index contributed by atoms with van der Waals surface area (Å²) in [5, 5.41) is 3.62. The van der Waals surface area contributed by atoms with E-state index in [4.69, 9.17) is 42.1 Å². The molecule has 0 amide bonds. The van der Waals surface area contributed by atoms with Gasteiger partial charge in [0.1, 0.15) is 0 Å². The first-order valence-electron chi connectivity index (χ1n) is 13.3. The number of dihydropyridines is 1. The number of hydrogen-bond acceptors (Lipinski definition) is 9. The standard InChI is InChI=1S/C31H34Cl2N2O7/c1-5-34-15-16-42-18-20-10-7-6-9-19(20)13-14-23-27(30(37)40-3)29(26-21(32)11-8-12-22(26)33)28(31(38)41-4)24(35-23)17-25(36)39-2/h5-12,29,35H,13-18H2,1-4H3. The Morgan fingerprint density at radius 3 is 2.07 bits per heavy atom. The van der Waals surface area contributed by atoms with Crippen LogP contribution >= 0.6 is 23.2 Å². The van der Waals surface area contributed by atoms with Crippen molar-refractivity contribution in [3.63, 3.8) is 0 Å². The van der Waals surface area contributed by atoms with Gasteiger partial charge in [-0.25, -0.2) is 9.59 Å². The Labute approximate surface area is 255 Å². The Morgan fingerprint density at radius 2 is 1.48 bits per heavy atom. The van der Waals surface area contributed by atoms with Crippen LogP contribution in [0.15, 0.2) is 70.0 Å². The minimum atomic E-state index is -1.08. The molecule has 9 nitrogen and oxygen atoms in total. The van der Waals surface area contributed by atoms with Gasteiger partial charge < -0.3 is 24.3 Å². The zero-order chi connectivity index (χ0) is 30.6. The molecule has 1 N–H and O–H groups in total. The summed E-state index contributed by atoms with van der Waals surface area (Å²) < 4.78 is 21.0. The number of aryl methyl sites for hydroxylation is 1. The Balaban J connectivity index is 2.12. The molecule has 1 atom stereocenters. The smallest absolute Gasteiger partial charge is 0.336 e. The number of benzene rings is 2. The fraction of sp³-hybridized carbons (Fsp3) is 0.355. The van der Waals surface area contributed by atoms with Gasteiger partial charge in [-0.1, -0.05) is 53.5 Å². The van der Waals surface area contributed by atoms with Crippen molar-refractivity contribution in [2.24, 2.45) is 4.99 Å². The van der Waals surface area contributed by atoms with Crippen molar-refractivity contribution in [2.45, 2.75) is 38.7 Å². The summed E-state index contributed by atoms with van der Waals surface area (Å²) in [7, 11) is 3.70. The van der Waals surface area contributed by atoms with Gasteiger partial charge in [-0.15, -0.1) is 0 Å². The third-order valence-corrected chi connectivity index (χ3v) is 7.40. The van der Waals surface area contributed by atoms with Gasteiger partial charge in [0.25, 0.3) is 0 Å². The van der Waals surface area contributed by atoms with E-state index in [1.807, 2.05) is 31.2 Å². The highest BCUT2D eigenvalue weighted by atomic mass is 35.5. The van der Waals surface area contributed by atoms with Gasteiger partial charge in [0.15, 0.2) is 0 Å². The topological polar surface area (TPSA) is 113 Å². The van der Waals surface area contributed by atoms with Crippen molar-refractivity contribution < 1.29 is 33.3 Å². The van der Waals surface area contributed by atoms with E-state index in [1.54, 1.807) is 24.4 Å².